The number of carbonyl (C=O) groups excluding carboxylic acids is 4. The van der Waals surface area contributed by atoms with Crippen LogP contribution in [-0.2, 0) is 42.7 Å². The van der Waals surface area contributed by atoms with E-state index in [1.165, 1.54) is 6.92 Å². The molecule has 2 heterocycles. The van der Waals surface area contributed by atoms with Crippen LogP contribution in [0.5, 0.6) is 0 Å². The molecule has 59 heavy (non-hydrogen) atoms. The number of hydrogen-bond acceptors (Lipinski definition) is 13. The average Bonchev–Trinajstić information content (AvgIpc) is 3.39. The van der Waals surface area contributed by atoms with E-state index >= 15 is 0 Å². The van der Waals surface area contributed by atoms with Crippen molar-refractivity contribution >= 4 is 24.0 Å². The van der Waals surface area contributed by atoms with Crippen molar-refractivity contribution in [3.63, 3.8) is 0 Å². The van der Waals surface area contributed by atoms with E-state index in [0.717, 1.165) is 0 Å². The molecule has 1 aromatic rings. The fraction of sp³-hybridized carbons (Fsp3) is 0.689. The predicted molar refractivity (Wildman–Crippen MR) is 214 cm³/mol. The normalized spacial score (nSPS) is 36.0. The van der Waals surface area contributed by atoms with Gasteiger partial charge in [0, 0.05) is 31.1 Å². The number of fused-ring (bicyclic) bond motifs is 3. The number of ether oxygens (including phenoxy) is 7. The molecule has 0 spiro atoms. The SMILES string of the molecule is C=C[C@@H]1O[C@H]2C[C@H]3OC[C@@]3(OC(C)=O)[C@H]3[C@H](OC(=O)c4ccccc4)[C@]4(C(C)(C)O)CC(OC(=O)[C@H](O)[C@H](CC(C)C)NC(=O)OC(C)(C)C)C(C)=C4[C@H](C)[C@H](O1)[C@]23C. The summed E-state index contributed by atoms with van der Waals surface area (Å²) in [6.45, 7) is 23.2. The monoisotopic (exact) mass is 825 g/mol. The van der Waals surface area contributed by atoms with Gasteiger partial charge in [0.05, 0.1) is 47.4 Å². The second-order valence-corrected chi connectivity index (χ2v) is 19.3. The van der Waals surface area contributed by atoms with Crippen molar-refractivity contribution in [2.24, 2.45) is 28.6 Å². The third-order valence-electron chi connectivity index (χ3n) is 13.3. The minimum atomic E-state index is -1.79. The van der Waals surface area contributed by atoms with Crippen LogP contribution in [-0.4, -0.2) is 107 Å². The topological polar surface area (TPSA) is 185 Å². The quantitative estimate of drug-likeness (QED) is 0.143. The maximum absolute atomic E-state index is 14.5. The Balaban J connectivity index is 1.52. The van der Waals surface area contributed by atoms with E-state index in [1.807, 2.05) is 27.7 Å². The zero-order valence-corrected chi connectivity index (χ0v) is 36.2. The molecule has 3 aliphatic carbocycles. The molecule has 1 unspecified atom stereocenters. The Bertz CT molecular complexity index is 1830. The maximum atomic E-state index is 14.5. The Morgan fingerprint density at radius 1 is 1.05 bits per heavy atom. The number of aliphatic hydroxyl groups is 2. The van der Waals surface area contributed by atoms with Crippen LogP contribution in [0.3, 0.4) is 0 Å². The average molecular weight is 826 g/mol. The molecule has 4 fully saturated rings. The lowest BCUT2D eigenvalue weighted by Crippen LogP contribution is -2.80. The molecule has 0 radical (unpaired) electrons. The summed E-state index contributed by atoms with van der Waals surface area (Å²) < 4.78 is 44.4. The van der Waals surface area contributed by atoms with Crippen molar-refractivity contribution in [3.05, 3.63) is 59.7 Å². The molecule has 5 aliphatic rings. The van der Waals surface area contributed by atoms with Crippen LogP contribution in [0.4, 0.5) is 4.79 Å². The summed E-state index contributed by atoms with van der Waals surface area (Å²) in [4.78, 5) is 54.6. The van der Waals surface area contributed by atoms with E-state index < -0.39 is 112 Å². The van der Waals surface area contributed by atoms with Gasteiger partial charge in [-0.25, -0.2) is 14.4 Å². The highest BCUT2D eigenvalue weighted by Crippen LogP contribution is 2.70. The van der Waals surface area contributed by atoms with Crippen LogP contribution >= 0.6 is 0 Å². The van der Waals surface area contributed by atoms with Crippen molar-refractivity contribution in [2.75, 3.05) is 6.61 Å². The summed E-state index contributed by atoms with van der Waals surface area (Å²) in [5, 5.41) is 27.0. The van der Waals surface area contributed by atoms with Gasteiger partial charge in [0.15, 0.2) is 18.0 Å². The highest BCUT2D eigenvalue weighted by atomic mass is 16.7. The molecule has 0 aromatic heterocycles. The van der Waals surface area contributed by atoms with Crippen LogP contribution < -0.4 is 5.32 Å². The number of amides is 1. The van der Waals surface area contributed by atoms with E-state index in [-0.39, 0.29) is 30.9 Å². The van der Waals surface area contributed by atoms with Gasteiger partial charge in [-0.15, -0.1) is 0 Å². The molecule has 14 heteroatoms. The van der Waals surface area contributed by atoms with Gasteiger partial charge < -0.3 is 48.7 Å². The zero-order valence-electron chi connectivity index (χ0n) is 36.2. The standard InChI is InChI=1S/C45H63NO13/c1-13-32-55-30-20-31-45(22-53-31,58-26(6)47)35-37(57-38(49)27-17-15-14-16-18-27)44(42(10,11)52)21-29(24(4)33(44)25(5)36(56-32)43(30,35)12)54-39(50)34(48)28(19-23(2)3)46-40(51)59-41(7,8)9/h13-18,23,25,28-32,34-37,48,52H,1,19-22H2,2-12H3,(H,46,51)/t25-,28-,29?,30-,31+,32+,34+,35-,36-,37-,43+,44-,45-/m0/s1. The van der Waals surface area contributed by atoms with Gasteiger partial charge in [-0.3, -0.25) is 4.79 Å². The minimum Gasteiger partial charge on any atom is -0.457 e. The van der Waals surface area contributed by atoms with Crippen molar-refractivity contribution in [2.45, 2.75) is 161 Å². The molecule has 1 aromatic carbocycles. The third kappa shape index (κ3) is 7.73. The zero-order chi connectivity index (χ0) is 43.6. The molecular formula is C45H63NO13. The Morgan fingerprint density at radius 2 is 1.71 bits per heavy atom. The molecule has 326 valence electrons. The van der Waals surface area contributed by atoms with Gasteiger partial charge in [0.2, 0.25) is 0 Å². The molecule has 2 saturated heterocycles. The van der Waals surface area contributed by atoms with E-state index in [4.69, 9.17) is 33.2 Å². The number of aliphatic hydroxyl groups excluding tert-OH is 1. The molecule has 14 nitrogen and oxygen atoms in total. The first-order valence-corrected chi connectivity index (χ1v) is 20.7. The highest BCUT2D eigenvalue weighted by molar-refractivity contribution is 5.89. The van der Waals surface area contributed by atoms with E-state index in [1.54, 1.807) is 78.0 Å². The summed E-state index contributed by atoms with van der Waals surface area (Å²) in [7, 11) is 0. The van der Waals surface area contributed by atoms with E-state index in [2.05, 4.69) is 11.9 Å². The number of alkyl carbamates (subject to hydrolysis) is 1. The lowest BCUT2D eigenvalue weighted by Gasteiger charge is -2.67. The number of hydrogen-bond donors (Lipinski definition) is 3. The van der Waals surface area contributed by atoms with Crippen LogP contribution in [0.2, 0.25) is 0 Å². The van der Waals surface area contributed by atoms with Gasteiger partial charge in [0.25, 0.3) is 0 Å². The molecule has 1 amide bonds. The van der Waals surface area contributed by atoms with Gasteiger partial charge in [0.1, 0.15) is 23.9 Å². The van der Waals surface area contributed by atoms with Crippen molar-refractivity contribution < 1.29 is 62.5 Å². The minimum absolute atomic E-state index is 0.0118. The molecule has 6 rings (SSSR count). The maximum Gasteiger partial charge on any atom is 0.407 e. The fourth-order valence-electron chi connectivity index (χ4n) is 11.1. The lowest BCUT2D eigenvalue weighted by molar-refractivity contribution is -0.391. The van der Waals surface area contributed by atoms with Gasteiger partial charge in [-0.1, -0.05) is 52.5 Å². The summed E-state index contributed by atoms with van der Waals surface area (Å²) in [6.07, 6.45) is -5.55. The largest absolute Gasteiger partial charge is 0.457 e. The number of rotatable bonds is 11. The molecule has 2 aliphatic heterocycles. The first-order chi connectivity index (χ1) is 27.4. The van der Waals surface area contributed by atoms with Crippen LogP contribution in [0, 0.1) is 28.6 Å². The second-order valence-electron chi connectivity index (χ2n) is 19.3. The first-order valence-electron chi connectivity index (χ1n) is 20.7. The fourth-order valence-corrected chi connectivity index (χ4v) is 11.1. The summed E-state index contributed by atoms with van der Waals surface area (Å²) in [5.41, 5.74) is -4.92. The molecule has 13 atom stereocenters. The number of carbonyl (C=O) groups is 4. The highest BCUT2D eigenvalue weighted by Gasteiger charge is 2.80. The predicted octanol–water partition coefficient (Wildman–Crippen LogP) is 5.57. The van der Waals surface area contributed by atoms with Crippen molar-refractivity contribution in [3.8, 4) is 0 Å². The Hall–Kier alpha value is -3.82. The Morgan fingerprint density at radius 3 is 2.25 bits per heavy atom. The van der Waals surface area contributed by atoms with Crippen LogP contribution in [0.15, 0.2) is 54.1 Å². The van der Waals surface area contributed by atoms with E-state index in [9.17, 15) is 29.4 Å². The lowest BCUT2D eigenvalue weighted by atomic mass is 9.49. The van der Waals surface area contributed by atoms with Crippen LogP contribution in [0.1, 0.15) is 106 Å². The molecule has 3 N–H and O–H groups in total. The first kappa shape index (κ1) is 44.7. The third-order valence-corrected chi connectivity index (χ3v) is 13.3. The Kier molecular flexibility index (Phi) is 12.1. The number of esters is 3. The number of benzene rings is 1. The summed E-state index contributed by atoms with van der Waals surface area (Å²) >= 11 is 0. The second kappa shape index (κ2) is 15.9. The van der Waals surface area contributed by atoms with Crippen LogP contribution in [0.25, 0.3) is 0 Å². The van der Waals surface area contributed by atoms with Crippen molar-refractivity contribution in [1.29, 1.82) is 0 Å². The molecular weight excluding hydrogens is 762 g/mol. The smallest absolute Gasteiger partial charge is 0.407 e. The summed E-state index contributed by atoms with van der Waals surface area (Å²) in [5.74, 6) is -3.69. The summed E-state index contributed by atoms with van der Waals surface area (Å²) in [6, 6.07) is 7.43. The van der Waals surface area contributed by atoms with Gasteiger partial charge >= 0.3 is 24.0 Å². The van der Waals surface area contributed by atoms with Gasteiger partial charge in [-0.05, 0) is 83.2 Å². The van der Waals surface area contributed by atoms with Gasteiger partial charge in [-0.2, -0.15) is 0 Å². The molecule has 0 bridgehead atoms. The molecule has 2 saturated carbocycles. The van der Waals surface area contributed by atoms with E-state index in [0.29, 0.717) is 17.6 Å². The van der Waals surface area contributed by atoms with Crippen molar-refractivity contribution in [1.82, 2.24) is 5.32 Å². The number of nitrogens with one attached hydrogen (secondary N) is 1. The Labute approximate surface area is 347 Å².